The van der Waals surface area contributed by atoms with Crippen molar-refractivity contribution in [2.45, 2.75) is 6.92 Å². The number of fused-ring (bicyclic) bond motifs is 1. The monoisotopic (exact) mass is 353 g/mol. The quantitative estimate of drug-likeness (QED) is 0.686. The lowest BCUT2D eigenvalue weighted by atomic mass is 10.3. The second-order valence-corrected chi connectivity index (χ2v) is 6.76. The van der Waals surface area contributed by atoms with E-state index in [-0.39, 0.29) is 0 Å². The molecule has 4 rings (SSSR count). The van der Waals surface area contributed by atoms with Crippen molar-refractivity contribution in [1.82, 2.24) is 29.5 Å². The number of piperazine rings is 1. The van der Waals surface area contributed by atoms with Crippen LogP contribution < -0.4 is 14.7 Å². The molecule has 0 saturated carbocycles. The number of hydrogen-bond donors (Lipinski definition) is 0. The molecule has 9 heteroatoms. The summed E-state index contributed by atoms with van der Waals surface area (Å²) in [6, 6.07) is 2.05. The van der Waals surface area contributed by atoms with Crippen molar-refractivity contribution in [3.05, 3.63) is 24.4 Å². The minimum atomic E-state index is 0.744. The van der Waals surface area contributed by atoms with E-state index in [1.54, 1.807) is 12.7 Å². The summed E-state index contributed by atoms with van der Waals surface area (Å²) >= 11 is 0. The van der Waals surface area contributed by atoms with Gasteiger partial charge in [-0.3, -0.25) is 0 Å². The van der Waals surface area contributed by atoms with Crippen LogP contribution in [-0.2, 0) is 7.05 Å². The molecule has 1 saturated heterocycles. The lowest BCUT2D eigenvalue weighted by molar-refractivity contribution is 0.641. The summed E-state index contributed by atoms with van der Waals surface area (Å²) < 4.78 is 1.92. The molecule has 136 valence electrons. The van der Waals surface area contributed by atoms with Crippen LogP contribution >= 0.6 is 0 Å². The predicted molar refractivity (Wildman–Crippen MR) is 102 cm³/mol. The van der Waals surface area contributed by atoms with E-state index >= 15 is 0 Å². The molecule has 0 amide bonds. The molecule has 0 N–H and O–H groups in total. The van der Waals surface area contributed by atoms with E-state index in [2.05, 4.69) is 34.7 Å². The number of rotatable bonds is 3. The van der Waals surface area contributed by atoms with Crippen LogP contribution in [-0.4, -0.2) is 69.8 Å². The van der Waals surface area contributed by atoms with Crippen molar-refractivity contribution >= 4 is 28.7 Å². The molecule has 1 aliphatic rings. The average molecular weight is 353 g/mol. The molecular weight excluding hydrogens is 330 g/mol. The maximum Gasteiger partial charge on any atom is 0.226 e. The van der Waals surface area contributed by atoms with Crippen LogP contribution in [0.5, 0.6) is 0 Å². The Morgan fingerprint density at radius 2 is 1.69 bits per heavy atom. The Hall–Kier alpha value is -2.97. The maximum absolute atomic E-state index is 4.69. The molecular formula is C17H23N9. The average Bonchev–Trinajstić information content (AvgIpc) is 3.03. The van der Waals surface area contributed by atoms with E-state index in [0.717, 1.165) is 60.6 Å². The largest absolute Gasteiger partial charge is 0.353 e. The molecule has 0 atom stereocenters. The summed E-state index contributed by atoms with van der Waals surface area (Å²) in [5, 5.41) is 0. The van der Waals surface area contributed by atoms with E-state index in [4.69, 9.17) is 0 Å². The summed E-state index contributed by atoms with van der Waals surface area (Å²) in [5.74, 6) is 2.63. The highest BCUT2D eigenvalue weighted by Crippen LogP contribution is 2.24. The Balaban J connectivity index is 1.54. The van der Waals surface area contributed by atoms with Gasteiger partial charge < -0.3 is 19.3 Å². The van der Waals surface area contributed by atoms with Gasteiger partial charge in [0, 0.05) is 59.1 Å². The molecule has 0 aliphatic carbocycles. The summed E-state index contributed by atoms with van der Waals surface area (Å²) in [7, 11) is 5.87. The van der Waals surface area contributed by atoms with E-state index < -0.39 is 0 Å². The minimum absolute atomic E-state index is 0.744. The molecule has 0 spiro atoms. The number of aryl methyl sites for hydroxylation is 2. The van der Waals surface area contributed by atoms with Gasteiger partial charge in [-0.1, -0.05) is 0 Å². The smallest absolute Gasteiger partial charge is 0.226 e. The van der Waals surface area contributed by atoms with Gasteiger partial charge in [-0.05, 0) is 6.92 Å². The van der Waals surface area contributed by atoms with E-state index in [0.29, 0.717) is 0 Å². The van der Waals surface area contributed by atoms with Gasteiger partial charge in [0.05, 0.1) is 6.33 Å². The predicted octanol–water partition coefficient (Wildman–Crippen LogP) is 0.854. The zero-order valence-corrected chi connectivity index (χ0v) is 15.6. The van der Waals surface area contributed by atoms with Crippen molar-refractivity contribution in [3.63, 3.8) is 0 Å². The topological polar surface area (TPSA) is 79.1 Å². The summed E-state index contributed by atoms with van der Waals surface area (Å²) in [6.45, 7) is 5.49. The lowest BCUT2D eigenvalue weighted by Crippen LogP contribution is -2.47. The van der Waals surface area contributed by atoms with Crippen molar-refractivity contribution in [2.24, 2.45) is 7.05 Å². The maximum atomic E-state index is 4.69. The Bertz CT molecular complexity index is 925. The first-order chi connectivity index (χ1) is 12.5. The van der Waals surface area contributed by atoms with Crippen molar-refractivity contribution < 1.29 is 0 Å². The zero-order chi connectivity index (χ0) is 18.3. The van der Waals surface area contributed by atoms with Gasteiger partial charge in [0.25, 0.3) is 0 Å². The molecule has 1 fully saturated rings. The Morgan fingerprint density at radius 3 is 2.42 bits per heavy atom. The van der Waals surface area contributed by atoms with Crippen LogP contribution in [0.25, 0.3) is 11.2 Å². The van der Waals surface area contributed by atoms with E-state index in [9.17, 15) is 0 Å². The van der Waals surface area contributed by atoms with Crippen LogP contribution in [0.3, 0.4) is 0 Å². The second kappa shape index (κ2) is 6.40. The van der Waals surface area contributed by atoms with Gasteiger partial charge in [-0.2, -0.15) is 4.98 Å². The molecule has 9 nitrogen and oxygen atoms in total. The summed E-state index contributed by atoms with van der Waals surface area (Å²) in [4.78, 5) is 29.0. The van der Waals surface area contributed by atoms with E-state index in [1.807, 2.05) is 43.6 Å². The van der Waals surface area contributed by atoms with Crippen molar-refractivity contribution in [1.29, 1.82) is 0 Å². The number of anilines is 3. The molecule has 3 aromatic heterocycles. The SMILES string of the molecule is Cc1cc(N2CCN(c3ncnc4c3ncn4C)CC2)nc(N(C)C)n1. The van der Waals surface area contributed by atoms with E-state index in [1.165, 1.54) is 0 Å². The molecule has 0 unspecified atom stereocenters. The van der Waals surface area contributed by atoms with Crippen LogP contribution in [0.1, 0.15) is 5.69 Å². The molecule has 3 aromatic rings. The van der Waals surface area contributed by atoms with Crippen LogP contribution in [0.15, 0.2) is 18.7 Å². The third-order valence-corrected chi connectivity index (χ3v) is 4.61. The first kappa shape index (κ1) is 16.5. The van der Waals surface area contributed by atoms with Gasteiger partial charge in [0.1, 0.15) is 12.1 Å². The third kappa shape index (κ3) is 2.89. The molecule has 4 heterocycles. The molecule has 26 heavy (non-hydrogen) atoms. The minimum Gasteiger partial charge on any atom is -0.353 e. The second-order valence-electron chi connectivity index (χ2n) is 6.76. The van der Waals surface area contributed by atoms with Crippen LogP contribution in [0.2, 0.25) is 0 Å². The molecule has 0 aromatic carbocycles. The van der Waals surface area contributed by atoms with Crippen LogP contribution in [0.4, 0.5) is 17.6 Å². The van der Waals surface area contributed by atoms with Gasteiger partial charge in [0.15, 0.2) is 17.0 Å². The normalized spacial score (nSPS) is 14.9. The van der Waals surface area contributed by atoms with Crippen LogP contribution in [0, 0.1) is 6.92 Å². The standard InChI is InChI=1S/C17H23N9/c1-12-9-13(22-17(21-12)23(2)3)25-5-7-26(8-6-25)16-14-15(18-10-19-16)24(4)11-20-14/h9-11H,5-8H2,1-4H3. The van der Waals surface area contributed by atoms with Gasteiger partial charge in [-0.25, -0.2) is 19.9 Å². The number of hydrogen-bond acceptors (Lipinski definition) is 8. The molecule has 1 aliphatic heterocycles. The Labute approximate surface area is 152 Å². The molecule has 0 radical (unpaired) electrons. The summed E-state index contributed by atoms with van der Waals surface area (Å²) in [5.41, 5.74) is 2.70. The zero-order valence-electron chi connectivity index (χ0n) is 15.6. The first-order valence-electron chi connectivity index (χ1n) is 8.68. The summed E-state index contributed by atoms with van der Waals surface area (Å²) in [6.07, 6.45) is 3.40. The number of nitrogens with zero attached hydrogens (tertiary/aromatic N) is 9. The number of aromatic nitrogens is 6. The fourth-order valence-corrected chi connectivity index (χ4v) is 3.21. The Morgan fingerprint density at radius 1 is 0.962 bits per heavy atom. The fourth-order valence-electron chi connectivity index (χ4n) is 3.21. The Kier molecular flexibility index (Phi) is 4.06. The highest BCUT2D eigenvalue weighted by atomic mass is 15.3. The van der Waals surface area contributed by atoms with Gasteiger partial charge in [0.2, 0.25) is 5.95 Å². The highest BCUT2D eigenvalue weighted by molar-refractivity contribution is 5.83. The number of imidazole rings is 1. The first-order valence-corrected chi connectivity index (χ1v) is 8.68. The van der Waals surface area contributed by atoms with Crippen molar-refractivity contribution in [2.75, 3.05) is 55.0 Å². The fraction of sp³-hybridized carbons (Fsp3) is 0.471. The van der Waals surface area contributed by atoms with Gasteiger partial charge >= 0.3 is 0 Å². The third-order valence-electron chi connectivity index (χ3n) is 4.61. The van der Waals surface area contributed by atoms with Gasteiger partial charge in [-0.15, -0.1) is 0 Å². The highest BCUT2D eigenvalue weighted by Gasteiger charge is 2.22. The van der Waals surface area contributed by atoms with Crippen molar-refractivity contribution in [3.8, 4) is 0 Å². The molecule has 0 bridgehead atoms. The lowest BCUT2D eigenvalue weighted by Gasteiger charge is -2.36.